The van der Waals surface area contributed by atoms with Gasteiger partial charge in [0.1, 0.15) is 0 Å². The molecule has 1 aromatic carbocycles. The Morgan fingerprint density at radius 2 is 1.61 bits per heavy atom. The lowest BCUT2D eigenvalue weighted by Gasteiger charge is -2.24. The molecule has 2 amide bonds. The first kappa shape index (κ1) is 12.3. The summed E-state index contributed by atoms with van der Waals surface area (Å²) in [5.41, 5.74) is 0.684. The summed E-state index contributed by atoms with van der Waals surface area (Å²) in [6, 6.07) is 10.2. The van der Waals surface area contributed by atoms with Gasteiger partial charge in [-0.05, 0) is 18.4 Å². The molecule has 1 heterocycles. The van der Waals surface area contributed by atoms with Gasteiger partial charge in [0, 0.05) is 12.8 Å². The van der Waals surface area contributed by atoms with Crippen LogP contribution in [0.15, 0.2) is 30.3 Å². The van der Waals surface area contributed by atoms with Crippen LogP contribution in [0, 0.1) is 11.3 Å². The van der Waals surface area contributed by atoms with Crippen LogP contribution in [0.25, 0.3) is 0 Å². The minimum Gasteiger partial charge on any atom is -0.274 e. The third-order valence-corrected chi connectivity index (χ3v) is 3.06. The van der Waals surface area contributed by atoms with E-state index in [1.54, 1.807) is 24.3 Å². The van der Waals surface area contributed by atoms with Gasteiger partial charge in [-0.3, -0.25) is 14.5 Å². The number of likely N-dealkylation sites (tertiary alicyclic amines) is 1. The third-order valence-electron chi connectivity index (χ3n) is 3.06. The minimum absolute atomic E-state index is 0.243. The second kappa shape index (κ2) is 5.46. The molecular weight excluding hydrogens is 228 g/mol. The maximum atomic E-state index is 12.0. The fraction of sp³-hybridized carbons (Fsp3) is 0.357. The molecule has 92 valence electrons. The Balaban J connectivity index is 2.34. The van der Waals surface area contributed by atoms with Crippen molar-refractivity contribution < 1.29 is 9.59 Å². The van der Waals surface area contributed by atoms with Gasteiger partial charge in [0.25, 0.3) is 0 Å². The van der Waals surface area contributed by atoms with Crippen LogP contribution in [0.5, 0.6) is 0 Å². The zero-order valence-corrected chi connectivity index (χ0v) is 10.0. The van der Waals surface area contributed by atoms with E-state index >= 15 is 0 Å². The highest BCUT2D eigenvalue weighted by Crippen LogP contribution is 2.25. The van der Waals surface area contributed by atoms with Crippen LogP contribution in [0.4, 0.5) is 0 Å². The maximum Gasteiger partial charge on any atom is 0.230 e. The molecule has 18 heavy (non-hydrogen) atoms. The van der Waals surface area contributed by atoms with Crippen molar-refractivity contribution in [3.05, 3.63) is 35.9 Å². The maximum absolute atomic E-state index is 12.0. The number of amides is 2. The van der Waals surface area contributed by atoms with Crippen molar-refractivity contribution in [2.75, 3.05) is 0 Å². The predicted octanol–water partition coefficient (Wildman–Crippen LogP) is 2.18. The quantitative estimate of drug-likeness (QED) is 0.747. The second-order valence-corrected chi connectivity index (χ2v) is 4.31. The number of benzene rings is 1. The second-order valence-electron chi connectivity index (χ2n) is 4.31. The van der Waals surface area contributed by atoms with Gasteiger partial charge < -0.3 is 0 Å². The summed E-state index contributed by atoms with van der Waals surface area (Å²) in [6.45, 7) is 0. The fourth-order valence-corrected chi connectivity index (χ4v) is 2.14. The highest BCUT2D eigenvalue weighted by atomic mass is 16.2. The van der Waals surface area contributed by atoms with Gasteiger partial charge in [-0.15, -0.1) is 0 Å². The molecular formula is C14H14N2O2. The Hall–Kier alpha value is -2.15. The average Bonchev–Trinajstić information content (AvgIpc) is 2.56. The summed E-state index contributed by atoms with van der Waals surface area (Å²) in [4.78, 5) is 25.0. The summed E-state index contributed by atoms with van der Waals surface area (Å²) in [6.07, 6.45) is 2.12. The molecule has 0 aromatic heterocycles. The SMILES string of the molecule is N#CC(c1ccccc1)N1C(=O)CCCCC1=O. The molecule has 0 saturated carbocycles. The normalized spacial score (nSPS) is 18.1. The zero-order chi connectivity index (χ0) is 13.0. The molecule has 1 aliphatic rings. The van der Waals surface area contributed by atoms with Crippen LogP contribution in [0.3, 0.4) is 0 Å². The lowest BCUT2D eigenvalue weighted by atomic mass is 10.1. The molecule has 1 unspecified atom stereocenters. The van der Waals surface area contributed by atoms with E-state index in [0.717, 1.165) is 4.90 Å². The van der Waals surface area contributed by atoms with E-state index in [9.17, 15) is 14.9 Å². The van der Waals surface area contributed by atoms with Crippen molar-refractivity contribution in [3.63, 3.8) is 0 Å². The van der Waals surface area contributed by atoms with E-state index in [0.29, 0.717) is 31.2 Å². The summed E-state index contributed by atoms with van der Waals surface area (Å²) >= 11 is 0. The first-order chi connectivity index (χ1) is 8.74. The van der Waals surface area contributed by atoms with Crippen molar-refractivity contribution in [3.8, 4) is 6.07 Å². The van der Waals surface area contributed by atoms with Gasteiger partial charge in [-0.2, -0.15) is 5.26 Å². The number of hydrogen-bond acceptors (Lipinski definition) is 3. The molecule has 0 bridgehead atoms. The largest absolute Gasteiger partial charge is 0.274 e. The van der Waals surface area contributed by atoms with Crippen molar-refractivity contribution in [2.24, 2.45) is 0 Å². The molecule has 2 rings (SSSR count). The van der Waals surface area contributed by atoms with Crippen LogP contribution >= 0.6 is 0 Å². The molecule has 4 nitrogen and oxygen atoms in total. The van der Waals surface area contributed by atoms with Gasteiger partial charge in [-0.25, -0.2) is 0 Å². The molecule has 4 heteroatoms. The molecule has 1 aromatic rings. The van der Waals surface area contributed by atoms with Gasteiger partial charge in [0.15, 0.2) is 6.04 Å². The Morgan fingerprint density at radius 1 is 1.06 bits per heavy atom. The standard InChI is InChI=1S/C14H14N2O2/c15-10-12(11-6-2-1-3-7-11)16-13(17)8-4-5-9-14(16)18/h1-3,6-7,12H,4-5,8-9H2. The number of carbonyl (C=O) groups is 2. The van der Waals surface area contributed by atoms with E-state index in [4.69, 9.17) is 0 Å². The molecule has 0 N–H and O–H groups in total. The van der Waals surface area contributed by atoms with E-state index in [1.165, 1.54) is 0 Å². The molecule has 1 aliphatic heterocycles. The van der Waals surface area contributed by atoms with E-state index < -0.39 is 6.04 Å². The van der Waals surface area contributed by atoms with Crippen molar-refractivity contribution in [1.82, 2.24) is 4.90 Å². The van der Waals surface area contributed by atoms with Gasteiger partial charge >= 0.3 is 0 Å². The van der Waals surface area contributed by atoms with Gasteiger partial charge in [0.05, 0.1) is 6.07 Å². The number of nitrogens with zero attached hydrogens (tertiary/aromatic N) is 2. The monoisotopic (exact) mass is 242 g/mol. The first-order valence-corrected chi connectivity index (χ1v) is 6.03. The molecule has 0 radical (unpaired) electrons. The summed E-state index contributed by atoms with van der Waals surface area (Å²) in [5.74, 6) is -0.485. The van der Waals surface area contributed by atoms with Crippen LogP contribution in [-0.2, 0) is 9.59 Å². The average molecular weight is 242 g/mol. The third kappa shape index (κ3) is 2.40. The minimum atomic E-state index is -0.802. The Bertz CT molecular complexity index is 472. The van der Waals surface area contributed by atoms with Gasteiger partial charge in [0.2, 0.25) is 11.8 Å². The number of nitriles is 1. The molecule has 1 fully saturated rings. The van der Waals surface area contributed by atoms with E-state index in [2.05, 4.69) is 6.07 Å². The zero-order valence-electron chi connectivity index (χ0n) is 10.0. The highest BCUT2D eigenvalue weighted by molar-refractivity contribution is 5.96. The molecule has 1 atom stereocenters. The number of carbonyl (C=O) groups excluding carboxylic acids is 2. The van der Waals surface area contributed by atoms with E-state index in [-0.39, 0.29) is 11.8 Å². The van der Waals surface area contributed by atoms with Crippen LogP contribution in [-0.4, -0.2) is 16.7 Å². The van der Waals surface area contributed by atoms with Crippen molar-refractivity contribution in [1.29, 1.82) is 5.26 Å². The van der Waals surface area contributed by atoms with Crippen molar-refractivity contribution in [2.45, 2.75) is 31.7 Å². The Kier molecular flexibility index (Phi) is 3.73. The molecule has 1 saturated heterocycles. The number of imide groups is 1. The summed E-state index contributed by atoms with van der Waals surface area (Å²) < 4.78 is 0. The Labute approximate surface area is 106 Å². The van der Waals surface area contributed by atoms with E-state index in [1.807, 2.05) is 6.07 Å². The fourth-order valence-electron chi connectivity index (χ4n) is 2.14. The number of hydrogen-bond donors (Lipinski definition) is 0. The summed E-state index contributed by atoms with van der Waals surface area (Å²) in [7, 11) is 0. The van der Waals surface area contributed by atoms with Crippen LogP contribution < -0.4 is 0 Å². The first-order valence-electron chi connectivity index (χ1n) is 6.03. The lowest BCUT2D eigenvalue weighted by Crippen LogP contribution is -2.38. The molecule has 0 aliphatic carbocycles. The highest BCUT2D eigenvalue weighted by Gasteiger charge is 2.31. The lowest BCUT2D eigenvalue weighted by molar-refractivity contribution is -0.145. The Morgan fingerprint density at radius 3 is 2.11 bits per heavy atom. The number of rotatable bonds is 2. The predicted molar refractivity (Wildman–Crippen MR) is 65.1 cm³/mol. The van der Waals surface area contributed by atoms with Gasteiger partial charge in [-0.1, -0.05) is 30.3 Å². The molecule has 0 spiro atoms. The van der Waals surface area contributed by atoms with Crippen LogP contribution in [0.2, 0.25) is 0 Å². The summed E-state index contributed by atoms with van der Waals surface area (Å²) in [5, 5.41) is 9.26. The van der Waals surface area contributed by atoms with Crippen molar-refractivity contribution >= 4 is 11.8 Å². The smallest absolute Gasteiger partial charge is 0.230 e. The van der Waals surface area contributed by atoms with Crippen LogP contribution in [0.1, 0.15) is 37.3 Å². The topological polar surface area (TPSA) is 61.2 Å².